The summed E-state index contributed by atoms with van der Waals surface area (Å²) in [7, 11) is 1.57. The van der Waals surface area contributed by atoms with Crippen LogP contribution in [0.2, 0.25) is 0 Å². The smallest absolute Gasteiger partial charge is 0.242 e. The maximum atomic E-state index is 5.47. The van der Waals surface area contributed by atoms with Gasteiger partial charge in [-0.25, -0.2) is 0 Å². The molecule has 1 heterocycles. The molecule has 0 amide bonds. The molecule has 1 aromatic carbocycles. The normalized spacial score (nSPS) is 9.67. The summed E-state index contributed by atoms with van der Waals surface area (Å²) in [6, 6.07) is 11.1. The van der Waals surface area contributed by atoms with E-state index >= 15 is 0 Å². The third kappa shape index (κ3) is 2.43. The van der Waals surface area contributed by atoms with Crippen LogP contribution in [0.1, 0.15) is 0 Å². The Morgan fingerprint density at radius 1 is 1.07 bits per heavy atom. The average Bonchev–Trinajstić information content (AvgIpc) is 2.31. The molecule has 0 aliphatic heterocycles. The number of hydrogen-bond donors (Lipinski definition) is 0. The zero-order valence-corrected chi connectivity index (χ0v) is 8.25. The van der Waals surface area contributed by atoms with Gasteiger partial charge in [0.15, 0.2) is 0 Å². The fraction of sp³-hybridized carbons (Fsp3) is 0.0909. The van der Waals surface area contributed by atoms with Crippen LogP contribution in [-0.4, -0.2) is 17.3 Å². The molecule has 4 nitrogen and oxygen atoms in total. The number of para-hydroxylation sites is 1. The lowest BCUT2D eigenvalue weighted by Crippen LogP contribution is -1.91. The lowest BCUT2D eigenvalue weighted by molar-refractivity contribution is 0.399. The van der Waals surface area contributed by atoms with E-state index in [1.807, 2.05) is 30.3 Å². The highest BCUT2D eigenvalue weighted by Crippen LogP contribution is 2.20. The molecule has 2 rings (SSSR count). The van der Waals surface area contributed by atoms with Crippen molar-refractivity contribution in [3.63, 3.8) is 0 Å². The molecule has 76 valence electrons. The van der Waals surface area contributed by atoms with Gasteiger partial charge in [-0.3, -0.25) is 0 Å². The average molecular weight is 202 g/mol. The van der Waals surface area contributed by atoms with E-state index in [0.717, 1.165) is 5.75 Å². The third-order valence-electron chi connectivity index (χ3n) is 1.81. The standard InChI is InChI=1S/C11H10N2O2/c1-14-10-7-11(13-12-8-10)15-9-5-3-2-4-6-9/h2-8H,1H3. The molecule has 0 bridgehead atoms. The van der Waals surface area contributed by atoms with E-state index in [2.05, 4.69) is 10.2 Å². The number of benzene rings is 1. The Kier molecular flexibility index (Phi) is 2.78. The van der Waals surface area contributed by atoms with E-state index in [-0.39, 0.29) is 0 Å². The van der Waals surface area contributed by atoms with Crippen LogP contribution in [0.3, 0.4) is 0 Å². The van der Waals surface area contributed by atoms with Crippen molar-refractivity contribution in [2.75, 3.05) is 7.11 Å². The van der Waals surface area contributed by atoms with Gasteiger partial charge in [0.2, 0.25) is 5.88 Å². The molecular weight excluding hydrogens is 192 g/mol. The zero-order valence-electron chi connectivity index (χ0n) is 8.25. The molecule has 0 aliphatic carbocycles. The van der Waals surface area contributed by atoms with Crippen LogP contribution in [-0.2, 0) is 0 Å². The Morgan fingerprint density at radius 3 is 2.60 bits per heavy atom. The summed E-state index contributed by atoms with van der Waals surface area (Å²) in [5.74, 6) is 1.76. The Balaban J connectivity index is 2.17. The van der Waals surface area contributed by atoms with Crippen LogP contribution in [0.5, 0.6) is 17.4 Å². The fourth-order valence-electron chi connectivity index (χ4n) is 1.10. The molecule has 0 unspecified atom stereocenters. The van der Waals surface area contributed by atoms with Gasteiger partial charge in [-0.05, 0) is 12.1 Å². The van der Waals surface area contributed by atoms with Gasteiger partial charge in [0.1, 0.15) is 11.5 Å². The summed E-state index contributed by atoms with van der Waals surface area (Å²) in [6.45, 7) is 0. The first-order valence-corrected chi connectivity index (χ1v) is 4.48. The number of methoxy groups -OCH3 is 1. The maximum Gasteiger partial charge on any atom is 0.242 e. The van der Waals surface area contributed by atoms with Crippen LogP contribution in [0.15, 0.2) is 42.6 Å². The lowest BCUT2D eigenvalue weighted by atomic mass is 10.3. The van der Waals surface area contributed by atoms with Gasteiger partial charge < -0.3 is 9.47 Å². The summed E-state index contributed by atoms with van der Waals surface area (Å²) in [4.78, 5) is 0. The quantitative estimate of drug-likeness (QED) is 0.765. The minimum atomic E-state index is 0.417. The molecule has 0 saturated carbocycles. The van der Waals surface area contributed by atoms with Gasteiger partial charge in [0.05, 0.1) is 13.3 Å². The first-order chi connectivity index (χ1) is 7.38. The molecular formula is C11H10N2O2. The Morgan fingerprint density at radius 2 is 1.87 bits per heavy atom. The zero-order chi connectivity index (χ0) is 10.5. The van der Waals surface area contributed by atoms with Crippen molar-refractivity contribution >= 4 is 0 Å². The van der Waals surface area contributed by atoms with E-state index in [9.17, 15) is 0 Å². The second-order valence-electron chi connectivity index (χ2n) is 2.85. The van der Waals surface area contributed by atoms with Crippen molar-refractivity contribution in [3.05, 3.63) is 42.6 Å². The van der Waals surface area contributed by atoms with Gasteiger partial charge in [-0.1, -0.05) is 18.2 Å². The number of aromatic nitrogens is 2. The van der Waals surface area contributed by atoms with E-state index in [1.54, 1.807) is 13.2 Å². The van der Waals surface area contributed by atoms with Crippen molar-refractivity contribution < 1.29 is 9.47 Å². The Hall–Kier alpha value is -2.10. The second kappa shape index (κ2) is 4.41. The van der Waals surface area contributed by atoms with Gasteiger partial charge >= 0.3 is 0 Å². The van der Waals surface area contributed by atoms with E-state index in [1.165, 1.54) is 6.20 Å². The lowest BCUT2D eigenvalue weighted by Gasteiger charge is -2.04. The topological polar surface area (TPSA) is 44.2 Å². The third-order valence-corrected chi connectivity index (χ3v) is 1.81. The minimum absolute atomic E-state index is 0.417. The summed E-state index contributed by atoms with van der Waals surface area (Å²) in [6.07, 6.45) is 1.53. The molecule has 1 aromatic heterocycles. The van der Waals surface area contributed by atoms with Crippen LogP contribution in [0.25, 0.3) is 0 Å². The minimum Gasteiger partial charge on any atom is -0.495 e. The van der Waals surface area contributed by atoms with Gasteiger partial charge in [0.25, 0.3) is 0 Å². The van der Waals surface area contributed by atoms with Crippen LogP contribution in [0.4, 0.5) is 0 Å². The van der Waals surface area contributed by atoms with Crippen molar-refractivity contribution in [3.8, 4) is 17.4 Å². The largest absolute Gasteiger partial charge is 0.495 e. The molecule has 2 aromatic rings. The number of ether oxygens (including phenoxy) is 2. The van der Waals surface area contributed by atoms with Gasteiger partial charge in [0, 0.05) is 6.07 Å². The predicted molar refractivity (Wildman–Crippen MR) is 55.1 cm³/mol. The monoisotopic (exact) mass is 202 g/mol. The highest BCUT2D eigenvalue weighted by Gasteiger charge is 2.00. The number of hydrogen-bond acceptors (Lipinski definition) is 4. The Bertz CT molecular complexity index is 432. The van der Waals surface area contributed by atoms with Crippen LogP contribution < -0.4 is 9.47 Å². The maximum absolute atomic E-state index is 5.47. The molecule has 4 heteroatoms. The van der Waals surface area contributed by atoms with Crippen LogP contribution >= 0.6 is 0 Å². The molecule has 0 N–H and O–H groups in total. The van der Waals surface area contributed by atoms with E-state index in [0.29, 0.717) is 11.6 Å². The summed E-state index contributed by atoms with van der Waals surface area (Å²) < 4.78 is 10.5. The van der Waals surface area contributed by atoms with Crippen molar-refractivity contribution in [1.82, 2.24) is 10.2 Å². The first-order valence-electron chi connectivity index (χ1n) is 4.48. The van der Waals surface area contributed by atoms with Crippen LogP contribution in [0, 0.1) is 0 Å². The van der Waals surface area contributed by atoms with Crippen molar-refractivity contribution in [2.24, 2.45) is 0 Å². The molecule has 0 aliphatic rings. The predicted octanol–water partition coefficient (Wildman–Crippen LogP) is 2.28. The highest BCUT2D eigenvalue weighted by molar-refractivity contribution is 5.29. The van der Waals surface area contributed by atoms with Crippen molar-refractivity contribution in [2.45, 2.75) is 0 Å². The fourth-order valence-corrected chi connectivity index (χ4v) is 1.10. The summed E-state index contributed by atoms with van der Waals surface area (Å²) in [5.41, 5.74) is 0. The van der Waals surface area contributed by atoms with E-state index in [4.69, 9.17) is 9.47 Å². The highest BCUT2D eigenvalue weighted by atomic mass is 16.5. The van der Waals surface area contributed by atoms with Crippen molar-refractivity contribution in [1.29, 1.82) is 0 Å². The molecule has 0 fully saturated rings. The van der Waals surface area contributed by atoms with Gasteiger partial charge in [-0.2, -0.15) is 5.10 Å². The van der Waals surface area contributed by atoms with E-state index < -0.39 is 0 Å². The number of rotatable bonds is 3. The molecule has 0 atom stereocenters. The summed E-state index contributed by atoms with van der Waals surface area (Å²) >= 11 is 0. The second-order valence-corrected chi connectivity index (χ2v) is 2.85. The molecule has 0 radical (unpaired) electrons. The van der Waals surface area contributed by atoms with Gasteiger partial charge in [-0.15, -0.1) is 5.10 Å². The SMILES string of the molecule is COc1cnnc(Oc2ccccc2)c1. The molecule has 0 saturated heterocycles. The molecule has 15 heavy (non-hydrogen) atoms. The number of nitrogens with zero attached hydrogens (tertiary/aromatic N) is 2. The first kappa shape index (κ1) is 9.45. The summed E-state index contributed by atoms with van der Waals surface area (Å²) in [5, 5.41) is 7.58. The Labute approximate surface area is 87.5 Å². The molecule has 0 spiro atoms.